The Bertz CT molecular complexity index is 1540. The fraction of sp³-hybridized carbons (Fsp3) is 0.265. The Morgan fingerprint density at radius 3 is 2.73 bits per heavy atom. The number of nitrogens with one attached hydrogen (secondary N) is 1. The molecule has 7 heteroatoms. The molecule has 2 aliphatic heterocycles. The summed E-state index contributed by atoms with van der Waals surface area (Å²) in [5.41, 5.74) is 6.82. The van der Waals surface area contributed by atoms with Crippen LogP contribution in [0.5, 0.6) is 5.75 Å². The van der Waals surface area contributed by atoms with Gasteiger partial charge in [-0.1, -0.05) is 41.6 Å². The molecule has 212 valence electrons. The molecule has 2 heterocycles. The standard InChI is InChI=1S/C34H36N2O4S/c1-22-21-34(3,4)35-26-17-16-25-31(30(22)26)29(39-28-15-9-14-27(37)33(38-5)32(25)28)18-20-41-19-10-11-23(2)36-40-24-12-7-6-8-13-24/h6-8,10,12-19,21,35,37H,9,11,20H2,1-5H3/b19-10-,29-18-,36-23-. The van der Waals surface area contributed by atoms with Crippen molar-refractivity contribution in [1.82, 2.24) is 0 Å². The minimum atomic E-state index is -0.162. The summed E-state index contributed by atoms with van der Waals surface area (Å²) in [7, 11) is 1.58. The zero-order valence-electron chi connectivity index (χ0n) is 24.2. The number of fused-ring (bicyclic) bond motifs is 5. The van der Waals surface area contributed by atoms with Crippen molar-refractivity contribution < 1.29 is 19.4 Å². The van der Waals surface area contributed by atoms with Crippen molar-refractivity contribution in [2.75, 3.05) is 18.2 Å². The molecule has 3 aliphatic rings. The first-order chi connectivity index (χ1) is 19.8. The normalized spacial score (nSPS) is 18.7. The minimum absolute atomic E-state index is 0.119. The lowest BCUT2D eigenvalue weighted by Gasteiger charge is -2.35. The Kier molecular flexibility index (Phi) is 8.45. The van der Waals surface area contributed by atoms with Gasteiger partial charge in [-0.25, -0.2) is 0 Å². The molecule has 0 aromatic heterocycles. The molecule has 0 fully saturated rings. The van der Waals surface area contributed by atoms with Crippen LogP contribution in [0.4, 0.5) is 5.69 Å². The Balaban J connectivity index is 1.41. The van der Waals surface area contributed by atoms with Crippen molar-refractivity contribution in [1.29, 1.82) is 0 Å². The van der Waals surface area contributed by atoms with E-state index in [4.69, 9.17) is 14.3 Å². The van der Waals surface area contributed by atoms with Gasteiger partial charge in [0.05, 0.1) is 23.9 Å². The number of aliphatic hydroxyl groups excluding tert-OH is 1. The molecule has 2 aromatic rings. The van der Waals surface area contributed by atoms with E-state index in [0.29, 0.717) is 24.4 Å². The van der Waals surface area contributed by atoms with E-state index in [1.54, 1.807) is 24.9 Å². The lowest BCUT2D eigenvalue weighted by atomic mass is 9.82. The molecule has 41 heavy (non-hydrogen) atoms. The fourth-order valence-electron chi connectivity index (χ4n) is 5.27. The van der Waals surface area contributed by atoms with E-state index in [9.17, 15) is 5.11 Å². The molecule has 5 rings (SSSR count). The van der Waals surface area contributed by atoms with Crippen molar-refractivity contribution >= 4 is 40.1 Å². The fourth-order valence-corrected chi connectivity index (χ4v) is 5.86. The van der Waals surface area contributed by atoms with E-state index in [-0.39, 0.29) is 11.3 Å². The minimum Gasteiger partial charge on any atom is -0.504 e. The highest BCUT2D eigenvalue weighted by molar-refractivity contribution is 8.02. The summed E-state index contributed by atoms with van der Waals surface area (Å²) in [6.07, 6.45) is 11.4. The third-order valence-corrected chi connectivity index (χ3v) is 7.66. The molecule has 0 amide bonds. The van der Waals surface area contributed by atoms with Gasteiger partial charge in [-0.3, -0.25) is 0 Å². The molecule has 6 nitrogen and oxygen atoms in total. The number of hydrogen-bond acceptors (Lipinski definition) is 7. The average Bonchev–Trinajstić information content (AvgIpc) is 3.10. The number of aliphatic hydroxyl groups is 1. The molecule has 1 aliphatic carbocycles. The summed E-state index contributed by atoms with van der Waals surface area (Å²) in [6.45, 7) is 8.42. The average molecular weight is 569 g/mol. The highest BCUT2D eigenvalue weighted by Crippen LogP contribution is 2.49. The number of benzene rings is 2. The second-order valence-corrected chi connectivity index (χ2v) is 11.6. The lowest BCUT2D eigenvalue weighted by molar-refractivity contribution is 0.256. The van der Waals surface area contributed by atoms with E-state index >= 15 is 0 Å². The number of hydrogen-bond donors (Lipinski definition) is 2. The number of rotatable bonds is 8. The second-order valence-electron chi connectivity index (χ2n) is 10.7. The number of methoxy groups -OCH3 is 1. The van der Waals surface area contributed by atoms with Crippen molar-refractivity contribution in [3.05, 3.63) is 112 Å². The topological polar surface area (TPSA) is 72.3 Å². The lowest BCUT2D eigenvalue weighted by Crippen LogP contribution is -2.32. The highest BCUT2D eigenvalue weighted by atomic mass is 32.2. The number of oxime groups is 1. The quantitative estimate of drug-likeness (QED) is 0.188. The molecule has 0 spiro atoms. The molecule has 0 saturated carbocycles. The summed E-state index contributed by atoms with van der Waals surface area (Å²) < 4.78 is 12.3. The third-order valence-electron chi connectivity index (χ3n) is 6.91. The van der Waals surface area contributed by atoms with Crippen LogP contribution in [0.15, 0.2) is 101 Å². The van der Waals surface area contributed by atoms with Crippen LogP contribution < -0.4 is 10.2 Å². The Hall–Kier alpha value is -4.10. The van der Waals surface area contributed by atoms with Gasteiger partial charge in [0.1, 0.15) is 11.5 Å². The smallest absolute Gasteiger partial charge is 0.171 e. The van der Waals surface area contributed by atoms with Crippen molar-refractivity contribution in [2.45, 2.75) is 46.1 Å². The number of nitrogens with zero attached hydrogens (tertiary/aromatic N) is 1. The SMILES string of the molecule is COC1=C2C(=CCC=C1O)O/C(=C\CS/C=C\C/C(C)=N\Oc1ccccc1)c1c2ccc2c1C(C)=CC(C)(C)N2. The molecule has 0 saturated heterocycles. The maximum absolute atomic E-state index is 10.7. The van der Waals surface area contributed by atoms with Crippen LogP contribution in [-0.4, -0.2) is 29.2 Å². The summed E-state index contributed by atoms with van der Waals surface area (Å²) in [4.78, 5) is 5.47. The van der Waals surface area contributed by atoms with Gasteiger partial charge in [-0.05, 0) is 81.5 Å². The van der Waals surface area contributed by atoms with E-state index < -0.39 is 0 Å². The maximum Gasteiger partial charge on any atom is 0.171 e. The maximum atomic E-state index is 10.7. The van der Waals surface area contributed by atoms with E-state index in [1.807, 2.05) is 43.3 Å². The Labute approximate surface area is 246 Å². The van der Waals surface area contributed by atoms with Gasteiger partial charge in [0, 0.05) is 34.6 Å². The third kappa shape index (κ3) is 6.30. The van der Waals surface area contributed by atoms with Crippen molar-refractivity contribution in [3.8, 4) is 5.75 Å². The van der Waals surface area contributed by atoms with Crippen LogP contribution in [0.3, 0.4) is 0 Å². The zero-order valence-corrected chi connectivity index (χ0v) is 25.0. The van der Waals surface area contributed by atoms with Gasteiger partial charge in [0.25, 0.3) is 0 Å². The van der Waals surface area contributed by atoms with Gasteiger partial charge in [0.15, 0.2) is 17.3 Å². The number of para-hydroxylation sites is 1. The van der Waals surface area contributed by atoms with E-state index in [0.717, 1.165) is 50.9 Å². The number of thioether (sulfide) groups is 1. The number of ether oxygens (including phenoxy) is 2. The van der Waals surface area contributed by atoms with Gasteiger partial charge in [-0.15, -0.1) is 11.8 Å². The molecule has 2 N–H and O–H groups in total. The summed E-state index contributed by atoms with van der Waals surface area (Å²) in [5, 5.41) is 20.7. The van der Waals surface area contributed by atoms with Gasteiger partial charge < -0.3 is 24.7 Å². The van der Waals surface area contributed by atoms with Crippen LogP contribution in [0.2, 0.25) is 0 Å². The monoisotopic (exact) mass is 568 g/mol. The predicted molar refractivity (Wildman–Crippen MR) is 171 cm³/mol. The van der Waals surface area contributed by atoms with E-state index in [2.05, 4.69) is 67.0 Å². The molecule has 0 radical (unpaired) electrons. The molecule has 0 atom stereocenters. The number of anilines is 1. The second kappa shape index (κ2) is 12.2. The van der Waals surface area contributed by atoms with Crippen LogP contribution in [0, 0.1) is 0 Å². The molecule has 0 unspecified atom stereocenters. The van der Waals surface area contributed by atoms with Crippen molar-refractivity contribution in [2.24, 2.45) is 5.16 Å². The van der Waals surface area contributed by atoms with Gasteiger partial charge >= 0.3 is 0 Å². The van der Waals surface area contributed by atoms with Crippen LogP contribution in [-0.2, 0) is 9.47 Å². The first kappa shape index (κ1) is 28.4. The molecule has 2 aromatic carbocycles. The largest absolute Gasteiger partial charge is 0.504 e. The summed E-state index contributed by atoms with van der Waals surface area (Å²) in [5.74, 6) is 3.48. The Morgan fingerprint density at radius 2 is 1.95 bits per heavy atom. The molecular formula is C34H36N2O4S. The van der Waals surface area contributed by atoms with Crippen molar-refractivity contribution in [3.63, 3.8) is 0 Å². The first-order valence-electron chi connectivity index (χ1n) is 13.7. The van der Waals surface area contributed by atoms with Crippen LogP contribution in [0.25, 0.3) is 16.9 Å². The molecule has 0 bridgehead atoms. The van der Waals surface area contributed by atoms with Gasteiger partial charge in [0.2, 0.25) is 0 Å². The number of allylic oxidation sites excluding steroid dienone is 5. The first-order valence-corrected chi connectivity index (χ1v) is 14.8. The zero-order chi connectivity index (χ0) is 29.0. The van der Waals surface area contributed by atoms with Crippen LogP contribution in [0.1, 0.15) is 57.2 Å². The van der Waals surface area contributed by atoms with Crippen LogP contribution >= 0.6 is 11.8 Å². The highest BCUT2D eigenvalue weighted by Gasteiger charge is 2.35. The molecular weight excluding hydrogens is 532 g/mol. The van der Waals surface area contributed by atoms with E-state index in [1.165, 1.54) is 5.57 Å². The van der Waals surface area contributed by atoms with Gasteiger partial charge in [-0.2, -0.15) is 0 Å². The Morgan fingerprint density at radius 1 is 1.15 bits per heavy atom. The predicted octanol–water partition coefficient (Wildman–Crippen LogP) is 8.84. The summed E-state index contributed by atoms with van der Waals surface area (Å²) >= 11 is 1.69. The summed E-state index contributed by atoms with van der Waals surface area (Å²) in [6, 6.07) is 13.8.